The Balaban J connectivity index is 1.15. The lowest BCUT2D eigenvalue weighted by Crippen LogP contribution is -2.32. The molecule has 0 bridgehead atoms. The molecule has 4 heteroatoms. The Morgan fingerprint density at radius 1 is 0.340 bits per heavy atom. The molecule has 2 aliphatic rings. The number of nitrogens with zero attached hydrogens (tertiary/aromatic N) is 3. The molecule has 1 aliphatic carbocycles. The average molecular weight is 656 g/mol. The zero-order chi connectivity index (χ0) is 33.1. The Morgan fingerprint density at radius 3 is 1.54 bits per heavy atom. The topological polar surface area (TPSA) is 38.7 Å². The van der Waals surface area contributed by atoms with Crippen LogP contribution < -0.4 is 0 Å². The lowest BCUT2D eigenvalue weighted by atomic mass is 9.67. The molecule has 3 heterocycles. The smallest absolute Gasteiger partial charge is 0.179 e. The van der Waals surface area contributed by atoms with Gasteiger partial charge in [-0.2, -0.15) is 0 Å². The molecule has 8 aromatic rings. The maximum atomic E-state index is 5.25. The number of rotatable bonds is 4. The van der Waals surface area contributed by atoms with E-state index < -0.39 is 5.41 Å². The number of pyridine rings is 1. The van der Waals surface area contributed by atoms with Crippen molar-refractivity contribution in [2.45, 2.75) is 15.2 Å². The number of hydrogen-bond acceptors (Lipinski definition) is 4. The second-order valence-electron chi connectivity index (χ2n) is 12.8. The number of hydrogen-bond donors (Lipinski definition) is 0. The van der Waals surface area contributed by atoms with Crippen LogP contribution in [0.15, 0.2) is 186 Å². The van der Waals surface area contributed by atoms with Crippen LogP contribution in [0.3, 0.4) is 0 Å². The fourth-order valence-corrected chi connectivity index (χ4v) is 8.98. The van der Waals surface area contributed by atoms with Gasteiger partial charge >= 0.3 is 0 Å². The van der Waals surface area contributed by atoms with Gasteiger partial charge in [-0.1, -0.05) is 151 Å². The van der Waals surface area contributed by atoms with Crippen molar-refractivity contribution < 1.29 is 0 Å². The van der Waals surface area contributed by atoms with E-state index in [1.807, 2.05) is 54.2 Å². The summed E-state index contributed by atoms with van der Waals surface area (Å²) in [5.41, 5.74) is 13.9. The van der Waals surface area contributed by atoms with Crippen molar-refractivity contribution in [3.63, 3.8) is 0 Å². The van der Waals surface area contributed by atoms with Gasteiger partial charge in [0.05, 0.1) is 22.5 Å². The van der Waals surface area contributed by atoms with E-state index in [4.69, 9.17) is 15.0 Å². The first-order chi connectivity index (χ1) is 24.8. The first-order valence-corrected chi connectivity index (χ1v) is 17.7. The summed E-state index contributed by atoms with van der Waals surface area (Å²) in [6.07, 6.45) is 0. The summed E-state index contributed by atoms with van der Waals surface area (Å²) in [5, 5.41) is 0. The average Bonchev–Trinajstić information content (AvgIpc) is 3.49. The molecule has 234 valence electrons. The molecule has 0 radical (unpaired) electrons. The van der Waals surface area contributed by atoms with E-state index in [9.17, 15) is 0 Å². The van der Waals surface area contributed by atoms with Crippen molar-refractivity contribution in [2.75, 3.05) is 0 Å². The van der Waals surface area contributed by atoms with Crippen LogP contribution in [0.25, 0.3) is 56.4 Å². The molecule has 0 amide bonds. The standard InChI is InChI=1S/C46H29N3S/c1-3-14-30(15-4-1)41-29-42(31-16-5-2-6-17-31)49-45(48-41)40-24-13-23-39(47-40)32-26-27-44-38(28-32)46(37-22-11-12-25-43(37)50-44)35-20-9-7-18-33(35)34-19-8-10-21-36(34)46/h1-29H. The summed E-state index contributed by atoms with van der Waals surface area (Å²) in [6.45, 7) is 0. The van der Waals surface area contributed by atoms with Gasteiger partial charge < -0.3 is 0 Å². The lowest BCUT2D eigenvalue weighted by Gasteiger charge is -2.39. The van der Waals surface area contributed by atoms with Gasteiger partial charge in [0.15, 0.2) is 5.82 Å². The van der Waals surface area contributed by atoms with Crippen molar-refractivity contribution in [2.24, 2.45) is 0 Å². The first-order valence-electron chi connectivity index (χ1n) is 16.9. The lowest BCUT2D eigenvalue weighted by molar-refractivity contribution is 0.722. The van der Waals surface area contributed by atoms with Gasteiger partial charge in [-0.3, -0.25) is 0 Å². The molecule has 10 rings (SSSR count). The van der Waals surface area contributed by atoms with Crippen molar-refractivity contribution in [3.8, 4) is 56.4 Å². The second kappa shape index (κ2) is 11.5. The third kappa shape index (κ3) is 4.42. The molecule has 3 nitrogen and oxygen atoms in total. The van der Waals surface area contributed by atoms with E-state index in [0.717, 1.165) is 39.5 Å². The Hall–Kier alpha value is -6.10. The van der Waals surface area contributed by atoms with Gasteiger partial charge in [0.25, 0.3) is 0 Å². The van der Waals surface area contributed by atoms with Crippen molar-refractivity contribution in [1.82, 2.24) is 15.0 Å². The summed E-state index contributed by atoms with van der Waals surface area (Å²) in [4.78, 5) is 17.9. The zero-order valence-corrected chi connectivity index (χ0v) is 27.8. The van der Waals surface area contributed by atoms with Crippen molar-refractivity contribution in [3.05, 3.63) is 198 Å². The minimum absolute atomic E-state index is 0.435. The maximum Gasteiger partial charge on any atom is 0.179 e. The van der Waals surface area contributed by atoms with E-state index in [0.29, 0.717) is 5.82 Å². The highest BCUT2D eigenvalue weighted by Crippen LogP contribution is 2.62. The van der Waals surface area contributed by atoms with Crippen LogP contribution in [0, 0.1) is 0 Å². The summed E-state index contributed by atoms with van der Waals surface area (Å²) in [7, 11) is 0. The van der Waals surface area contributed by atoms with Gasteiger partial charge in [-0.25, -0.2) is 15.0 Å². The van der Waals surface area contributed by atoms with E-state index >= 15 is 0 Å². The van der Waals surface area contributed by atoms with Gasteiger partial charge in [-0.15, -0.1) is 0 Å². The molecule has 0 atom stereocenters. The molecule has 0 fully saturated rings. The summed E-state index contributed by atoms with van der Waals surface area (Å²) in [5.74, 6) is 0.601. The summed E-state index contributed by atoms with van der Waals surface area (Å²) < 4.78 is 0. The minimum Gasteiger partial charge on any atom is -0.244 e. The van der Waals surface area contributed by atoms with E-state index in [-0.39, 0.29) is 0 Å². The Labute approximate surface area is 295 Å². The molecule has 50 heavy (non-hydrogen) atoms. The molecule has 1 spiro atoms. The van der Waals surface area contributed by atoms with Crippen LogP contribution in [0.2, 0.25) is 0 Å². The molecule has 0 saturated carbocycles. The molecule has 0 N–H and O–H groups in total. The number of aromatic nitrogens is 3. The highest BCUT2D eigenvalue weighted by molar-refractivity contribution is 7.99. The summed E-state index contributed by atoms with van der Waals surface area (Å²) >= 11 is 1.86. The van der Waals surface area contributed by atoms with E-state index in [1.165, 1.54) is 43.2 Å². The molecule has 0 saturated heterocycles. The van der Waals surface area contributed by atoms with Crippen LogP contribution in [-0.4, -0.2) is 15.0 Å². The van der Waals surface area contributed by atoms with E-state index in [2.05, 4.69) is 133 Å². The highest BCUT2D eigenvalue weighted by Gasteiger charge is 2.50. The fraction of sp³-hybridized carbons (Fsp3) is 0.0217. The van der Waals surface area contributed by atoms with Gasteiger partial charge in [0, 0.05) is 26.5 Å². The summed E-state index contributed by atoms with van der Waals surface area (Å²) in [6, 6.07) is 62.4. The second-order valence-corrected chi connectivity index (χ2v) is 13.8. The molecule has 0 unspecified atom stereocenters. The number of fused-ring (bicyclic) bond motifs is 9. The quantitative estimate of drug-likeness (QED) is 0.189. The van der Waals surface area contributed by atoms with Crippen LogP contribution in [0.1, 0.15) is 22.3 Å². The van der Waals surface area contributed by atoms with Crippen LogP contribution in [-0.2, 0) is 5.41 Å². The highest BCUT2D eigenvalue weighted by atomic mass is 32.2. The molecular formula is C46H29N3S. The minimum atomic E-state index is -0.435. The first kappa shape index (κ1) is 28.9. The largest absolute Gasteiger partial charge is 0.244 e. The SMILES string of the molecule is c1ccc(-c2cc(-c3ccccc3)nc(-c3cccc(-c4ccc5c(c4)C4(c6ccccc6S5)c5ccccc5-c5ccccc54)n3)n2)cc1. The molecule has 1 aliphatic heterocycles. The van der Waals surface area contributed by atoms with Gasteiger partial charge in [-0.05, 0) is 69.8 Å². The Bertz CT molecular complexity index is 2480. The van der Waals surface area contributed by atoms with E-state index in [1.54, 1.807) is 0 Å². The predicted molar refractivity (Wildman–Crippen MR) is 203 cm³/mol. The van der Waals surface area contributed by atoms with Crippen molar-refractivity contribution >= 4 is 11.8 Å². The van der Waals surface area contributed by atoms with Gasteiger partial charge in [0.2, 0.25) is 0 Å². The van der Waals surface area contributed by atoms with Gasteiger partial charge in [0.1, 0.15) is 5.69 Å². The Kier molecular flexibility index (Phi) is 6.64. The normalized spacial score (nSPS) is 13.3. The molecule has 2 aromatic heterocycles. The van der Waals surface area contributed by atoms with Crippen LogP contribution >= 0.6 is 11.8 Å². The third-order valence-electron chi connectivity index (χ3n) is 9.99. The van der Waals surface area contributed by atoms with Crippen molar-refractivity contribution in [1.29, 1.82) is 0 Å². The maximum absolute atomic E-state index is 5.25. The van der Waals surface area contributed by atoms with Crippen LogP contribution in [0.5, 0.6) is 0 Å². The fourth-order valence-electron chi connectivity index (χ4n) is 7.81. The predicted octanol–water partition coefficient (Wildman–Crippen LogP) is 11.4. The third-order valence-corrected chi connectivity index (χ3v) is 11.1. The molecule has 6 aromatic carbocycles. The molecular weight excluding hydrogens is 627 g/mol. The van der Waals surface area contributed by atoms with Crippen LogP contribution in [0.4, 0.5) is 0 Å². The monoisotopic (exact) mass is 655 g/mol. The Morgan fingerprint density at radius 2 is 0.880 bits per heavy atom. The zero-order valence-electron chi connectivity index (χ0n) is 27.0. The number of benzene rings is 6.